The monoisotopic (exact) mass is 315 g/mol. The van der Waals surface area contributed by atoms with Crippen LogP contribution in [0.1, 0.15) is 68.2 Å². The second-order valence-corrected chi connectivity index (χ2v) is 8.24. The Bertz CT molecular complexity index is 348. The topological polar surface area (TPSA) is 47.6 Å². The van der Waals surface area contributed by atoms with E-state index >= 15 is 0 Å². The molecule has 0 rings (SSSR count). The number of hydrogen-bond donors (Lipinski definition) is 1. The van der Waals surface area contributed by atoms with Gasteiger partial charge in [-0.1, -0.05) is 6.92 Å². The highest BCUT2D eigenvalue weighted by Crippen LogP contribution is 2.28. The third kappa shape index (κ3) is 9.54. The van der Waals surface area contributed by atoms with Crippen LogP contribution in [-0.2, 0) is 14.3 Å². The van der Waals surface area contributed by atoms with E-state index in [0.717, 1.165) is 19.4 Å². The number of ketones is 1. The average Bonchev–Trinajstić information content (AvgIpc) is 2.32. The lowest BCUT2D eigenvalue weighted by Crippen LogP contribution is -2.44. The Morgan fingerprint density at radius 3 is 2.05 bits per heavy atom. The first-order valence-corrected chi connectivity index (χ1v) is 8.29. The predicted molar refractivity (Wildman–Crippen MR) is 92.3 cm³/mol. The third-order valence-corrected chi connectivity index (χ3v) is 3.83. The van der Waals surface area contributed by atoms with Gasteiger partial charge in [0.25, 0.3) is 0 Å². The van der Waals surface area contributed by atoms with Crippen molar-refractivity contribution in [2.24, 2.45) is 5.92 Å². The number of rotatable bonds is 11. The molecule has 22 heavy (non-hydrogen) atoms. The van der Waals surface area contributed by atoms with E-state index in [0.29, 0.717) is 6.61 Å². The summed E-state index contributed by atoms with van der Waals surface area (Å²) >= 11 is 0. The fourth-order valence-corrected chi connectivity index (χ4v) is 2.57. The molecular weight excluding hydrogens is 278 g/mol. The van der Waals surface area contributed by atoms with Crippen LogP contribution in [0.2, 0.25) is 0 Å². The Balaban J connectivity index is 4.52. The van der Waals surface area contributed by atoms with Crippen molar-refractivity contribution in [3.63, 3.8) is 0 Å². The Morgan fingerprint density at radius 1 is 1.05 bits per heavy atom. The molecule has 0 saturated carbocycles. The summed E-state index contributed by atoms with van der Waals surface area (Å²) in [5.41, 5.74) is -0.926. The quantitative estimate of drug-likeness (QED) is 0.633. The summed E-state index contributed by atoms with van der Waals surface area (Å²) in [6.07, 6.45) is 1.67. The summed E-state index contributed by atoms with van der Waals surface area (Å²) in [4.78, 5) is 11.5. The maximum absolute atomic E-state index is 11.5. The van der Waals surface area contributed by atoms with Crippen molar-refractivity contribution in [2.75, 3.05) is 20.2 Å². The minimum Gasteiger partial charge on any atom is -0.373 e. The molecule has 0 bridgehead atoms. The van der Waals surface area contributed by atoms with Gasteiger partial charge in [-0.3, -0.25) is 4.79 Å². The van der Waals surface area contributed by atoms with E-state index in [1.165, 1.54) is 0 Å². The van der Waals surface area contributed by atoms with E-state index in [-0.39, 0.29) is 22.9 Å². The number of carbonyl (C=O) groups is 1. The highest BCUT2D eigenvalue weighted by Gasteiger charge is 2.33. The molecule has 4 nitrogen and oxygen atoms in total. The van der Waals surface area contributed by atoms with E-state index in [2.05, 4.69) is 19.2 Å². The largest absolute Gasteiger partial charge is 0.373 e. The number of ether oxygens (including phenoxy) is 2. The van der Waals surface area contributed by atoms with Crippen molar-refractivity contribution < 1.29 is 14.3 Å². The Morgan fingerprint density at radius 2 is 1.59 bits per heavy atom. The molecule has 0 aromatic carbocycles. The minimum absolute atomic E-state index is 0.0128. The van der Waals surface area contributed by atoms with E-state index in [4.69, 9.17) is 9.47 Å². The highest BCUT2D eigenvalue weighted by molar-refractivity contribution is 5.77. The Kier molecular flexibility index (Phi) is 8.24. The smallest absolute Gasteiger partial charge is 0.132 e. The molecule has 0 aliphatic heterocycles. The lowest BCUT2D eigenvalue weighted by molar-refractivity contribution is -0.178. The SMILES string of the molecule is CNCCC(C)(C)OCC(C)(C)OC(C)(C)CC(C)C(C)=O. The van der Waals surface area contributed by atoms with Gasteiger partial charge in [-0.25, -0.2) is 0 Å². The van der Waals surface area contributed by atoms with Crippen LogP contribution < -0.4 is 5.32 Å². The number of hydrogen-bond acceptors (Lipinski definition) is 4. The standard InChI is InChI=1S/C18H37NO3/c1-14(15(2)20)12-17(5,6)22-18(7,8)13-21-16(3,4)10-11-19-9/h14,19H,10-13H2,1-9H3. The van der Waals surface area contributed by atoms with Gasteiger partial charge in [-0.2, -0.15) is 0 Å². The number of nitrogens with one attached hydrogen (secondary N) is 1. The van der Waals surface area contributed by atoms with Gasteiger partial charge in [-0.15, -0.1) is 0 Å². The summed E-state index contributed by atoms with van der Waals surface area (Å²) in [5, 5.41) is 3.15. The molecular formula is C18H37NO3. The van der Waals surface area contributed by atoms with Crippen molar-refractivity contribution in [1.82, 2.24) is 5.32 Å². The molecule has 0 aromatic rings. The van der Waals surface area contributed by atoms with Gasteiger partial charge in [0.05, 0.1) is 23.4 Å². The van der Waals surface area contributed by atoms with E-state index in [1.54, 1.807) is 6.92 Å². The first kappa shape index (κ1) is 21.6. The molecule has 0 fully saturated rings. The molecule has 0 spiro atoms. The molecule has 0 aliphatic carbocycles. The lowest BCUT2D eigenvalue weighted by atomic mass is 9.91. The lowest BCUT2D eigenvalue weighted by Gasteiger charge is -2.39. The molecule has 0 amide bonds. The molecule has 0 radical (unpaired) electrons. The van der Waals surface area contributed by atoms with Crippen LogP contribution in [0.5, 0.6) is 0 Å². The van der Waals surface area contributed by atoms with E-state index < -0.39 is 5.60 Å². The molecule has 1 N–H and O–H groups in total. The molecule has 0 heterocycles. The molecule has 4 heteroatoms. The van der Waals surface area contributed by atoms with Crippen molar-refractivity contribution in [3.8, 4) is 0 Å². The fraction of sp³-hybridized carbons (Fsp3) is 0.944. The second kappa shape index (κ2) is 8.42. The molecule has 1 atom stereocenters. The minimum atomic E-state index is -0.392. The van der Waals surface area contributed by atoms with Crippen LogP contribution in [-0.4, -0.2) is 42.8 Å². The summed E-state index contributed by atoms with van der Waals surface area (Å²) in [6, 6.07) is 0. The van der Waals surface area contributed by atoms with E-state index in [9.17, 15) is 4.79 Å². The normalized spacial score (nSPS) is 15.0. The van der Waals surface area contributed by atoms with Gasteiger partial charge in [0, 0.05) is 5.92 Å². The molecule has 1 unspecified atom stereocenters. The maximum Gasteiger partial charge on any atom is 0.132 e. The Hall–Kier alpha value is -0.450. The summed E-state index contributed by atoms with van der Waals surface area (Å²) in [7, 11) is 1.95. The Labute approximate surface area is 137 Å². The third-order valence-electron chi connectivity index (χ3n) is 3.83. The van der Waals surface area contributed by atoms with E-state index in [1.807, 2.05) is 41.7 Å². The van der Waals surface area contributed by atoms with Gasteiger partial charge in [0.2, 0.25) is 0 Å². The van der Waals surface area contributed by atoms with Crippen LogP contribution in [0.15, 0.2) is 0 Å². The van der Waals surface area contributed by atoms with Gasteiger partial charge in [0.15, 0.2) is 0 Å². The predicted octanol–water partition coefficient (Wildman–Crippen LogP) is 3.58. The zero-order valence-corrected chi connectivity index (χ0v) is 16.1. The van der Waals surface area contributed by atoms with Crippen molar-refractivity contribution in [3.05, 3.63) is 0 Å². The van der Waals surface area contributed by atoms with Crippen LogP contribution in [0, 0.1) is 5.92 Å². The maximum atomic E-state index is 11.5. The molecule has 0 aromatic heterocycles. The van der Waals surface area contributed by atoms with Gasteiger partial charge < -0.3 is 14.8 Å². The molecule has 0 aliphatic rings. The molecule has 0 saturated heterocycles. The zero-order chi connectivity index (χ0) is 17.6. The van der Waals surface area contributed by atoms with Crippen LogP contribution in [0.3, 0.4) is 0 Å². The highest BCUT2D eigenvalue weighted by atomic mass is 16.6. The van der Waals surface area contributed by atoms with Crippen molar-refractivity contribution in [1.29, 1.82) is 0 Å². The zero-order valence-electron chi connectivity index (χ0n) is 16.1. The summed E-state index contributed by atoms with van der Waals surface area (Å²) in [5.74, 6) is 0.220. The fourth-order valence-electron chi connectivity index (χ4n) is 2.57. The van der Waals surface area contributed by atoms with Gasteiger partial charge in [-0.05, 0) is 74.9 Å². The van der Waals surface area contributed by atoms with Crippen molar-refractivity contribution >= 4 is 5.78 Å². The first-order valence-electron chi connectivity index (χ1n) is 8.29. The van der Waals surface area contributed by atoms with Crippen LogP contribution in [0.4, 0.5) is 0 Å². The average molecular weight is 315 g/mol. The second-order valence-electron chi connectivity index (χ2n) is 8.24. The van der Waals surface area contributed by atoms with Gasteiger partial charge in [0.1, 0.15) is 5.78 Å². The van der Waals surface area contributed by atoms with Crippen molar-refractivity contribution in [2.45, 2.75) is 85.0 Å². The van der Waals surface area contributed by atoms with Crippen LogP contribution in [0.25, 0.3) is 0 Å². The summed E-state index contributed by atoms with van der Waals surface area (Å²) in [6.45, 7) is 17.4. The molecule has 132 valence electrons. The number of carbonyl (C=O) groups excluding carboxylic acids is 1. The number of Topliss-reactive ketones (excluding diaryl/α,β-unsaturated/α-hetero) is 1. The van der Waals surface area contributed by atoms with Crippen LogP contribution >= 0.6 is 0 Å². The summed E-state index contributed by atoms with van der Waals surface area (Å²) < 4.78 is 12.3. The first-order chi connectivity index (χ1) is 9.80. The van der Waals surface area contributed by atoms with Gasteiger partial charge >= 0.3 is 0 Å².